The van der Waals surface area contributed by atoms with Crippen LogP contribution in [0.5, 0.6) is 0 Å². The molecule has 2 rings (SSSR count). The Morgan fingerprint density at radius 2 is 2.00 bits per heavy atom. The second-order valence-corrected chi connectivity index (χ2v) is 7.62. The lowest BCUT2D eigenvalue weighted by Gasteiger charge is -2.33. The van der Waals surface area contributed by atoms with E-state index >= 15 is 0 Å². The lowest BCUT2D eigenvalue weighted by molar-refractivity contribution is -0.147. The highest BCUT2D eigenvalue weighted by atomic mass is 79.9. The minimum absolute atomic E-state index is 0.0501. The number of nitrogens with one attached hydrogen (secondary N) is 1. The zero-order valence-corrected chi connectivity index (χ0v) is 14.0. The Bertz CT molecular complexity index is 658. The summed E-state index contributed by atoms with van der Waals surface area (Å²) in [6.07, 6.45) is 0.159. The summed E-state index contributed by atoms with van der Waals surface area (Å²) in [4.78, 5) is 11.4. The van der Waals surface area contributed by atoms with E-state index in [-0.39, 0.29) is 31.0 Å². The van der Waals surface area contributed by atoms with Gasteiger partial charge in [0.05, 0.1) is 9.92 Å². The molecule has 1 aromatic carbocycles. The zero-order chi connectivity index (χ0) is 15.7. The molecule has 0 saturated carbocycles. The minimum atomic E-state index is -3.98. The average Bonchev–Trinajstić information content (AvgIpc) is 2.42. The maximum atomic E-state index is 12.4. The molecule has 0 bridgehead atoms. The van der Waals surface area contributed by atoms with Gasteiger partial charge >= 0.3 is 5.97 Å². The van der Waals surface area contributed by atoms with E-state index < -0.39 is 21.5 Å². The van der Waals surface area contributed by atoms with Crippen LogP contribution in [-0.2, 0) is 19.6 Å². The number of ether oxygens (including phenoxy) is 1. The molecule has 0 aliphatic carbocycles. The van der Waals surface area contributed by atoms with Crippen molar-refractivity contribution in [1.29, 1.82) is 0 Å². The van der Waals surface area contributed by atoms with Crippen LogP contribution in [0.15, 0.2) is 27.6 Å². The molecule has 2 N–H and O–H groups in total. The summed E-state index contributed by atoms with van der Waals surface area (Å²) < 4.78 is 32.6. The predicted octanol–water partition coefficient (Wildman–Crippen LogP) is 2.01. The monoisotopic (exact) mass is 397 g/mol. The highest BCUT2D eigenvalue weighted by molar-refractivity contribution is 9.10. The lowest BCUT2D eigenvalue weighted by atomic mass is 9.92. The van der Waals surface area contributed by atoms with Crippen molar-refractivity contribution < 1.29 is 23.1 Å². The molecule has 6 nitrogen and oxygen atoms in total. The molecule has 0 amide bonds. The minimum Gasteiger partial charge on any atom is -0.480 e. The van der Waals surface area contributed by atoms with Crippen LogP contribution in [0.2, 0.25) is 5.02 Å². The maximum Gasteiger partial charge on any atom is 0.325 e. The van der Waals surface area contributed by atoms with E-state index in [1.807, 2.05) is 0 Å². The van der Waals surface area contributed by atoms with Crippen LogP contribution in [-0.4, -0.2) is 38.2 Å². The van der Waals surface area contributed by atoms with Crippen molar-refractivity contribution in [1.82, 2.24) is 4.72 Å². The summed E-state index contributed by atoms with van der Waals surface area (Å²) in [5, 5.41) is 9.75. The molecule has 0 radical (unpaired) electrons. The quantitative estimate of drug-likeness (QED) is 0.809. The van der Waals surface area contributed by atoms with Gasteiger partial charge in [-0.1, -0.05) is 11.6 Å². The Labute approximate surface area is 135 Å². The van der Waals surface area contributed by atoms with Crippen LogP contribution < -0.4 is 4.72 Å². The van der Waals surface area contributed by atoms with Crippen LogP contribution in [0, 0.1) is 0 Å². The van der Waals surface area contributed by atoms with Gasteiger partial charge in [-0.15, -0.1) is 0 Å². The predicted molar refractivity (Wildman–Crippen MR) is 79.9 cm³/mol. The highest BCUT2D eigenvalue weighted by Crippen LogP contribution is 2.28. The van der Waals surface area contributed by atoms with Crippen molar-refractivity contribution in [2.24, 2.45) is 0 Å². The number of rotatable bonds is 4. The lowest BCUT2D eigenvalue weighted by Crippen LogP contribution is -2.57. The Kier molecular flexibility index (Phi) is 4.94. The first kappa shape index (κ1) is 16.7. The van der Waals surface area contributed by atoms with E-state index in [0.717, 1.165) is 0 Å². The molecule has 1 aliphatic heterocycles. The number of carbonyl (C=O) groups is 1. The normalized spacial score (nSPS) is 18.4. The maximum absolute atomic E-state index is 12.4. The molecule has 0 aromatic heterocycles. The molecule has 1 saturated heterocycles. The first-order chi connectivity index (χ1) is 9.77. The molecule has 9 heteroatoms. The molecule has 1 heterocycles. The zero-order valence-electron chi connectivity index (χ0n) is 10.8. The number of hydrogen-bond donors (Lipinski definition) is 2. The summed E-state index contributed by atoms with van der Waals surface area (Å²) in [6.45, 7) is 0.387. The summed E-state index contributed by atoms with van der Waals surface area (Å²) in [7, 11) is -3.98. The van der Waals surface area contributed by atoms with E-state index in [1.165, 1.54) is 18.2 Å². The van der Waals surface area contributed by atoms with Crippen molar-refractivity contribution >= 4 is 43.5 Å². The van der Waals surface area contributed by atoms with Crippen molar-refractivity contribution in [2.45, 2.75) is 23.3 Å². The van der Waals surface area contributed by atoms with Crippen LogP contribution in [0.1, 0.15) is 12.8 Å². The van der Waals surface area contributed by atoms with Crippen molar-refractivity contribution in [3.63, 3.8) is 0 Å². The van der Waals surface area contributed by atoms with Crippen molar-refractivity contribution in [2.75, 3.05) is 13.2 Å². The third kappa shape index (κ3) is 3.57. The van der Waals surface area contributed by atoms with Gasteiger partial charge in [-0.3, -0.25) is 4.79 Å². The third-order valence-corrected chi connectivity index (χ3v) is 6.03. The van der Waals surface area contributed by atoms with E-state index in [0.29, 0.717) is 9.50 Å². The Morgan fingerprint density at radius 1 is 1.38 bits per heavy atom. The highest BCUT2D eigenvalue weighted by Gasteiger charge is 2.43. The smallest absolute Gasteiger partial charge is 0.325 e. The number of halogens is 2. The molecule has 116 valence electrons. The summed E-state index contributed by atoms with van der Waals surface area (Å²) in [6, 6.07) is 4.08. The standard InChI is InChI=1S/C12H13BrClNO5S/c13-9-7-8(1-2-10(9)14)21(18,19)15-12(11(16)17)3-5-20-6-4-12/h1-2,7,15H,3-6H2,(H,16,17). The molecular formula is C12H13BrClNO5S. The fraction of sp³-hybridized carbons (Fsp3) is 0.417. The fourth-order valence-corrected chi connectivity index (χ4v) is 4.13. The SMILES string of the molecule is O=C(O)C1(NS(=O)(=O)c2ccc(Cl)c(Br)c2)CCOCC1. The topological polar surface area (TPSA) is 92.7 Å². The van der Waals surface area contributed by atoms with E-state index in [9.17, 15) is 18.3 Å². The second-order valence-electron chi connectivity index (χ2n) is 4.68. The van der Waals surface area contributed by atoms with E-state index in [1.54, 1.807) is 0 Å². The average molecular weight is 399 g/mol. The molecule has 21 heavy (non-hydrogen) atoms. The molecule has 1 aliphatic rings. The molecule has 0 spiro atoms. The van der Waals surface area contributed by atoms with Gasteiger partial charge in [0.2, 0.25) is 10.0 Å². The van der Waals surface area contributed by atoms with Gasteiger partial charge < -0.3 is 9.84 Å². The van der Waals surface area contributed by atoms with Crippen LogP contribution in [0.4, 0.5) is 0 Å². The first-order valence-electron chi connectivity index (χ1n) is 6.07. The number of carboxylic acids is 1. The molecule has 1 aromatic rings. The second kappa shape index (κ2) is 6.21. The fourth-order valence-electron chi connectivity index (χ4n) is 2.04. The van der Waals surface area contributed by atoms with Gasteiger partial charge in [-0.2, -0.15) is 4.72 Å². The van der Waals surface area contributed by atoms with Gasteiger partial charge in [0.25, 0.3) is 0 Å². The van der Waals surface area contributed by atoms with Crippen molar-refractivity contribution in [3.05, 3.63) is 27.7 Å². The van der Waals surface area contributed by atoms with Gasteiger partial charge in [0, 0.05) is 30.5 Å². The summed E-state index contributed by atoms with van der Waals surface area (Å²) in [5.41, 5.74) is -1.54. The van der Waals surface area contributed by atoms with Gasteiger partial charge in [0.15, 0.2) is 0 Å². The Balaban J connectivity index is 2.34. The van der Waals surface area contributed by atoms with Crippen LogP contribution >= 0.6 is 27.5 Å². The molecule has 1 fully saturated rings. The molecule has 0 atom stereocenters. The number of sulfonamides is 1. The van der Waals surface area contributed by atoms with Crippen molar-refractivity contribution in [3.8, 4) is 0 Å². The Hall–Kier alpha value is -0.670. The molecule has 0 unspecified atom stereocenters. The summed E-state index contributed by atoms with van der Waals surface area (Å²) in [5.74, 6) is -1.21. The molecular weight excluding hydrogens is 386 g/mol. The number of hydrogen-bond acceptors (Lipinski definition) is 4. The van der Waals surface area contributed by atoms with Crippen LogP contribution in [0.25, 0.3) is 0 Å². The van der Waals surface area contributed by atoms with Crippen LogP contribution in [0.3, 0.4) is 0 Å². The summed E-state index contributed by atoms with van der Waals surface area (Å²) >= 11 is 8.97. The third-order valence-electron chi connectivity index (χ3n) is 3.29. The van der Waals surface area contributed by atoms with Gasteiger partial charge in [-0.05, 0) is 34.1 Å². The van der Waals surface area contributed by atoms with Gasteiger partial charge in [0.1, 0.15) is 5.54 Å². The van der Waals surface area contributed by atoms with E-state index in [2.05, 4.69) is 20.7 Å². The number of carboxylic acid groups (broad SMARTS) is 1. The number of aliphatic carboxylic acids is 1. The Morgan fingerprint density at radius 3 is 2.52 bits per heavy atom. The first-order valence-corrected chi connectivity index (χ1v) is 8.72. The largest absolute Gasteiger partial charge is 0.480 e. The van der Waals surface area contributed by atoms with E-state index in [4.69, 9.17) is 16.3 Å². The number of benzene rings is 1. The van der Waals surface area contributed by atoms with Gasteiger partial charge in [-0.25, -0.2) is 8.42 Å².